The molecule has 7 heteroatoms. The molecule has 2 aromatic rings. The van der Waals surface area contributed by atoms with Crippen molar-refractivity contribution < 1.29 is 9.53 Å². The second-order valence-corrected chi connectivity index (χ2v) is 7.72. The number of carbonyl (C=O) groups excluding carboxylic acids is 1. The van der Waals surface area contributed by atoms with Gasteiger partial charge in [-0.15, -0.1) is 0 Å². The van der Waals surface area contributed by atoms with E-state index in [9.17, 15) is 9.59 Å². The Hall–Kier alpha value is -2.54. The first-order valence-corrected chi connectivity index (χ1v) is 9.98. The minimum atomic E-state index is -0.189. The normalized spacial score (nSPS) is 25.0. The first kappa shape index (κ1) is 18.8. The van der Waals surface area contributed by atoms with Crippen molar-refractivity contribution in [2.75, 3.05) is 20.2 Å². The molecule has 2 aliphatic rings. The molecule has 3 heterocycles. The van der Waals surface area contributed by atoms with E-state index in [4.69, 9.17) is 4.74 Å². The van der Waals surface area contributed by atoms with Crippen molar-refractivity contribution in [3.8, 4) is 11.4 Å². The smallest absolute Gasteiger partial charge is 0.251 e. The molecule has 0 unspecified atom stereocenters. The highest BCUT2D eigenvalue weighted by Gasteiger charge is 2.35. The fourth-order valence-corrected chi connectivity index (χ4v) is 4.34. The molecule has 1 saturated carbocycles. The van der Waals surface area contributed by atoms with Crippen LogP contribution in [0.3, 0.4) is 0 Å². The molecule has 7 nitrogen and oxygen atoms in total. The maximum Gasteiger partial charge on any atom is 0.251 e. The molecule has 1 aliphatic heterocycles. The van der Waals surface area contributed by atoms with Gasteiger partial charge in [-0.1, -0.05) is 12.5 Å². The number of ether oxygens (including phenoxy) is 1. The highest BCUT2D eigenvalue weighted by atomic mass is 16.5. The first-order valence-electron chi connectivity index (χ1n) is 9.98. The van der Waals surface area contributed by atoms with Gasteiger partial charge in [-0.25, -0.2) is 4.98 Å². The molecule has 0 radical (unpaired) electrons. The Balaban J connectivity index is 1.48. The maximum atomic E-state index is 13.0. The number of aromatic amines is 1. The first-order chi connectivity index (χ1) is 13.6. The van der Waals surface area contributed by atoms with Gasteiger partial charge >= 0.3 is 0 Å². The summed E-state index contributed by atoms with van der Waals surface area (Å²) in [6.07, 6.45) is 6.49. The molecule has 0 spiro atoms. The van der Waals surface area contributed by atoms with E-state index in [-0.39, 0.29) is 29.4 Å². The topological polar surface area (TPSA) is 88.2 Å². The van der Waals surface area contributed by atoms with Gasteiger partial charge in [-0.2, -0.15) is 0 Å². The molecule has 4 rings (SSSR count). The molecule has 1 saturated heterocycles. The van der Waals surface area contributed by atoms with Gasteiger partial charge in [0, 0.05) is 44.3 Å². The van der Waals surface area contributed by atoms with Crippen molar-refractivity contribution in [2.24, 2.45) is 5.92 Å². The Bertz CT molecular complexity index is 883. The number of nitrogens with one attached hydrogen (secondary N) is 1. The van der Waals surface area contributed by atoms with E-state index in [1.165, 1.54) is 6.07 Å². The standard InChI is InChI=1S/C21H26N4O3/c1-28-16-6-4-5-14(11-16)21(27)25-10-8-15(13-25)20-23-18(12-19(26)24-20)17-7-2-3-9-22-17/h2-3,7,9,12,14-16H,4-6,8,10-11,13H2,1H3,(H,23,24,26)/t14-,15+,16+/m0/s1. The van der Waals surface area contributed by atoms with Crippen LogP contribution in [0.5, 0.6) is 0 Å². The van der Waals surface area contributed by atoms with E-state index < -0.39 is 0 Å². The van der Waals surface area contributed by atoms with Crippen LogP contribution in [-0.4, -0.2) is 52.1 Å². The number of methoxy groups -OCH3 is 1. The number of pyridine rings is 1. The summed E-state index contributed by atoms with van der Waals surface area (Å²) in [6.45, 7) is 1.30. The zero-order valence-electron chi connectivity index (χ0n) is 16.1. The third kappa shape index (κ3) is 3.99. The minimum absolute atomic E-state index is 0.0436. The summed E-state index contributed by atoms with van der Waals surface area (Å²) in [5.41, 5.74) is 1.05. The predicted octanol–water partition coefficient (Wildman–Crippen LogP) is 2.35. The fourth-order valence-electron chi connectivity index (χ4n) is 4.34. The molecule has 28 heavy (non-hydrogen) atoms. The average molecular weight is 382 g/mol. The third-order valence-electron chi connectivity index (χ3n) is 5.88. The van der Waals surface area contributed by atoms with Crippen LogP contribution in [0.25, 0.3) is 11.4 Å². The van der Waals surface area contributed by atoms with E-state index in [1.54, 1.807) is 13.3 Å². The Morgan fingerprint density at radius 1 is 1.25 bits per heavy atom. The van der Waals surface area contributed by atoms with E-state index in [0.29, 0.717) is 30.3 Å². The SMILES string of the molecule is CO[C@@H]1CCC[C@H](C(=O)N2CC[C@@H](c3nc(-c4ccccn4)cc(=O)[nH]3)C2)C1. The second-order valence-electron chi connectivity index (χ2n) is 7.72. The Morgan fingerprint density at radius 3 is 2.93 bits per heavy atom. The van der Waals surface area contributed by atoms with Crippen molar-refractivity contribution in [2.45, 2.75) is 44.1 Å². The van der Waals surface area contributed by atoms with E-state index in [1.807, 2.05) is 23.1 Å². The number of hydrogen-bond donors (Lipinski definition) is 1. The average Bonchev–Trinajstić information content (AvgIpc) is 3.24. The van der Waals surface area contributed by atoms with Gasteiger partial charge in [0.1, 0.15) is 5.82 Å². The summed E-state index contributed by atoms with van der Waals surface area (Å²) in [5, 5.41) is 0. The largest absolute Gasteiger partial charge is 0.381 e. The van der Waals surface area contributed by atoms with Crippen molar-refractivity contribution >= 4 is 5.91 Å². The zero-order chi connectivity index (χ0) is 19.5. The summed E-state index contributed by atoms with van der Waals surface area (Å²) < 4.78 is 5.47. The van der Waals surface area contributed by atoms with Gasteiger partial charge in [-0.3, -0.25) is 14.6 Å². The summed E-state index contributed by atoms with van der Waals surface area (Å²) >= 11 is 0. The third-order valence-corrected chi connectivity index (χ3v) is 5.88. The van der Waals surface area contributed by atoms with Gasteiger partial charge in [0.15, 0.2) is 0 Å². The van der Waals surface area contributed by atoms with Gasteiger partial charge in [0.05, 0.1) is 17.5 Å². The summed E-state index contributed by atoms with van der Waals surface area (Å²) in [5.74, 6) is 0.945. The van der Waals surface area contributed by atoms with E-state index in [2.05, 4.69) is 15.0 Å². The van der Waals surface area contributed by atoms with Crippen LogP contribution in [0.2, 0.25) is 0 Å². The van der Waals surface area contributed by atoms with Gasteiger partial charge in [-0.05, 0) is 37.8 Å². The quantitative estimate of drug-likeness (QED) is 0.877. The van der Waals surface area contributed by atoms with Crippen molar-refractivity contribution in [3.05, 3.63) is 46.6 Å². The molecule has 2 fully saturated rings. The highest BCUT2D eigenvalue weighted by Crippen LogP contribution is 2.31. The maximum absolute atomic E-state index is 13.0. The van der Waals surface area contributed by atoms with Crippen LogP contribution in [0, 0.1) is 5.92 Å². The predicted molar refractivity (Wildman–Crippen MR) is 105 cm³/mol. The number of likely N-dealkylation sites (tertiary alicyclic amines) is 1. The van der Waals surface area contributed by atoms with Gasteiger partial charge in [0.2, 0.25) is 5.91 Å². The van der Waals surface area contributed by atoms with Crippen LogP contribution in [0.4, 0.5) is 0 Å². The van der Waals surface area contributed by atoms with Crippen LogP contribution >= 0.6 is 0 Å². The molecule has 1 N–H and O–H groups in total. The van der Waals surface area contributed by atoms with E-state index >= 15 is 0 Å². The van der Waals surface area contributed by atoms with Crippen molar-refractivity contribution in [3.63, 3.8) is 0 Å². The van der Waals surface area contributed by atoms with Crippen LogP contribution in [-0.2, 0) is 9.53 Å². The molecule has 3 atom stereocenters. The molecular weight excluding hydrogens is 356 g/mol. The molecule has 1 aliphatic carbocycles. The Morgan fingerprint density at radius 2 is 2.14 bits per heavy atom. The summed E-state index contributed by atoms with van der Waals surface area (Å²) in [7, 11) is 1.72. The molecule has 2 aromatic heterocycles. The minimum Gasteiger partial charge on any atom is -0.381 e. The monoisotopic (exact) mass is 382 g/mol. The molecule has 0 aromatic carbocycles. The molecule has 1 amide bonds. The summed E-state index contributed by atoms with van der Waals surface area (Å²) in [4.78, 5) is 38.8. The Kier molecular flexibility index (Phi) is 5.52. The van der Waals surface area contributed by atoms with Crippen LogP contribution in [0.15, 0.2) is 35.3 Å². The zero-order valence-corrected chi connectivity index (χ0v) is 16.1. The highest BCUT2D eigenvalue weighted by molar-refractivity contribution is 5.79. The number of H-pyrrole nitrogens is 1. The second kappa shape index (κ2) is 8.22. The van der Waals surface area contributed by atoms with Crippen molar-refractivity contribution in [1.29, 1.82) is 0 Å². The van der Waals surface area contributed by atoms with Gasteiger partial charge < -0.3 is 14.6 Å². The van der Waals surface area contributed by atoms with E-state index in [0.717, 1.165) is 32.1 Å². The molecular formula is C21H26N4O3. The number of nitrogens with zero attached hydrogens (tertiary/aromatic N) is 3. The Labute approximate surface area is 164 Å². The number of amides is 1. The van der Waals surface area contributed by atoms with Crippen LogP contribution in [0.1, 0.15) is 43.8 Å². The number of hydrogen-bond acceptors (Lipinski definition) is 5. The molecule has 0 bridgehead atoms. The lowest BCUT2D eigenvalue weighted by Gasteiger charge is -2.30. The number of aromatic nitrogens is 3. The van der Waals surface area contributed by atoms with Crippen molar-refractivity contribution in [1.82, 2.24) is 19.9 Å². The fraction of sp³-hybridized carbons (Fsp3) is 0.524. The lowest BCUT2D eigenvalue weighted by Crippen LogP contribution is -2.38. The molecule has 148 valence electrons. The lowest BCUT2D eigenvalue weighted by molar-refractivity contribution is -0.137. The summed E-state index contributed by atoms with van der Waals surface area (Å²) in [6, 6.07) is 7.01. The van der Waals surface area contributed by atoms with Gasteiger partial charge in [0.25, 0.3) is 5.56 Å². The number of rotatable bonds is 4. The van der Waals surface area contributed by atoms with Crippen LogP contribution < -0.4 is 5.56 Å². The number of carbonyl (C=O) groups is 1. The lowest BCUT2D eigenvalue weighted by atomic mass is 9.86.